The molecule has 0 spiro atoms. The zero-order chi connectivity index (χ0) is 13.5. The fraction of sp³-hybridized carbons (Fsp3) is 0.154. The summed E-state index contributed by atoms with van der Waals surface area (Å²) in [6, 6.07) is 9.79. The highest BCUT2D eigenvalue weighted by atomic mass is 32.2. The van der Waals surface area contributed by atoms with Crippen molar-refractivity contribution < 1.29 is 0 Å². The average Bonchev–Trinajstić information content (AvgIpc) is 2.91. The molecule has 1 N–H and O–H groups in total. The molecule has 0 unspecified atom stereocenters. The molecule has 0 aliphatic carbocycles. The van der Waals surface area contributed by atoms with Gasteiger partial charge in [-0.1, -0.05) is 47.4 Å². The summed E-state index contributed by atoms with van der Waals surface area (Å²) in [6.07, 6.45) is 1.78. The molecule has 4 nitrogen and oxygen atoms in total. The second kappa shape index (κ2) is 6.92. The fourth-order valence-corrected chi connectivity index (χ4v) is 3.16. The Morgan fingerprint density at radius 3 is 3.05 bits per heavy atom. The number of benzene rings is 1. The Kier molecular flexibility index (Phi) is 4.95. The summed E-state index contributed by atoms with van der Waals surface area (Å²) < 4.78 is 0.888. The van der Waals surface area contributed by atoms with Gasteiger partial charge in [0.15, 0.2) is 4.34 Å². The Morgan fingerprint density at radius 2 is 2.26 bits per heavy atom. The third-order valence-electron chi connectivity index (χ3n) is 2.29. The zero-order valence-corrected chi connectivity index (χ0v) is 11.8. The fourth-order valence-electron chi connectivity index (χ4n) is 1.39. The Bertz CT molecular complexity index is 601. The number of rotatable bonds is 6. The predicted octanol–water partition coefficient (Wildman–Crippen LogP) is 3.30. The van der Waals surface area contributed by atoms with E-state index in [0.717, 1.165) is 20.8 Å². The highest BCUT2D eigenvalue weighted by Crippen LogP contribution is 2.28. The highest BCUT2D eigenvalue weighted by molar-refractivity contribution is 8.00. The van der Waals surface area contributed by atoms with Crippen LogP contribution in [0.25, 0.3) is 0 Å². The van der Waals surface area contributed by atoms with Gasteiger partial charge in [-0.3, -0.25) is 0 Å². The molecule has 2 aromatic rings. The molecule has 0 radical (unpaired) electrons. The molecule has 19 heavy (non-hydrogen) atoms. The molecule has 0 saturated heterocycles. The Hall–Kier alpha value is -1.84. The molecular weight excluding hydrogens is 276 g/mol. The summed E-state index contributed by atoms with van der Waals surface area (Å²) in [5.41, 5.74) is 1.73. The molecule has 1 heterocycles. The van der Waals surface area contributed by atoms with Crippen LogP contribution in [0, 0.1) is 11.3 Å². The van der Waals surface area contributed by atoms with Crippen molar-refractivity contribution >= 4 is 28.2 Å². The van der Waals surface area contributed by atoms with Crippen LogP contribution in [0.15, 0.2) is 41.3 Å². The predicted molar refractivity (Wildman–Crippen MR) is 79.3 cm³/mol. The van der Waals surface area contributed by atoms with Gasteiger partial charge < -0.3 is 5.32 Å². The summed E-state index contributed by atoms with van der Waals surface area (Å²) >= 11 is 3.09. The lowest BCUT2D eigenvalue weighted by atomic mass is 10.1. The third kappa shape index (κ3) is 3.81. The summed E-state index contributed by atoms with van der Waals surface area (Å²) in [6.45, 7) is 4.31. The van der Waals surface area contributed by atoms with Crippen LogP contribution in [-0.4, -0.2) is 16.7 Å². The van der Waals surface area contributed by atoms with E-state index in [-0.39, 0.29) is 0 Å². The first-order chi connectivity index (χ1) is 9.33. The zero-order valence-electron chi connectivity index (χ0n) is 10.2. The molecule has 0 atom stereocenters. The van der Waals surface area contributed by atoms with E-state index in [4.69, 9.17) is 5.26 Å². The van der Waals surface area contributed by atoms with Crippen molar-refractivity contribution in [3.05, 3.63) is 48.0 Å². The van der Waals surface area contributed by atoms with Gasteiger partial charge in [0.05, 0.1) is 11.6 Å². The van der Waals surface area contributed by atoms with Crippen LogP contribution in [0.3, 0.4) is 0 Å². The molecule has 96 valence electrons. The molecule has 0 aliphatic rings. The number of nitrogens with zero attached hydrogens (tertiary/aromatic N) is 3. The first kappa shape index (κ1) is 13.6. The number of aromatic nitrogens is 2. The van der Waals surface area contributed by atoms with Crippen LogP contribution in [0.1, 0.15) is 11.1 Å². The van der Waals surface area contributed by atoms with E-state index in [9.17, 15) is 0 Å². The molecule has 0 saturated carbocycles. The normalized spacial score (nSPS) is 9.84. The van der Waals surface area contributed by atoms with Crippen LogP contribution in [0.5, 0.6) is 0 Å². The molecule has 0 bridgehead atoms. The minimum atomic E-state index is 0.677. The number of nitrogens with one attached hydrogen (secondary N) is 1. The molecule has 1 aromatic carbocycles. The Labute approximate surface area is 120 Å². The number of anilines is 1. The van der Waals surface area contributed by atoms with Crippen molar-refractivity contribution in [3.8, 4) is 6.07 Å². The highest BCUT2D eigenvalue weighted by Gasteiger charge is 2.06. The topological polar surface area (TPSA) is 61.6 Å². The number of hydrogen-bond donors (Lipinski definition) is 1. The monoisotopic (exact) mass is 288 g/mol. The first-order valence-corrected chi connectivity index (χ1v) is 7.42. The first-order valence-electron chi connectivity index (χ1n) is 5.62. The molecule has 0 amide bonds. The van der Waals surface area contributed by atoms with E-state index in [2.05, 4.69) is 28.2 Å². The standard InChI is InChI=1S/C13H12N4S2/c1-2-7-15-12-16-17-13(19-12)18-9-11-6-4-3-5-10(11)8-14/h2-6H,1,7,9H2,(H,15,16). The van der Waals surface area contributed by atoms with Gasteiger partial charge in [0.1, 0.15) is 0 Å². The molecular formula is C13H12N4S2. The minimum absolute atomic E-state index is 0.677. The van der Waals surface area contributed by atoms with Crippen LogP contribution < -0.4 is 5.32 Å². The van der Waals surface area contributed by atoms with Gasteiger partial charge in [-0.05, 0) is 11.6 Å². The van der Waals surface area contributed by atoms with E-state index in [1.807, 2.05) is 24.3 Å². The van der Waals surface area contributed by atoms with E-state index in [1.165, 1.54) is 11.3 Å². The van der Waals surface area contributed by atoms with Crippen molar-refractivity contribution in [1.29, 1.82) is 5.26 Å². The SMILES string of the molecule is C=CCNc1nnc(SCc2ccccc2C#N)s1. The molecule has 0 aliphatic heterocycles. The van der Waals surface area contributed by atoms with Gasteiger partial charge in [-0.15, -0.1) is 16.8 Å². The summed E-state index contributed by atoms with van der Waals surface area (Å²) in [7, 11) is 0. The maximum atomic E-state index is 9.01. The van der Waals surface area contributed by atoms with Crippen molar-refractivity contribution in [2.75, 3.05) is 11.9 Å². The summed E-state index contributed by atoms with van der Waals surface area (Å²) in [4.78, 5) is 0. The lowest BCUT2D eigenvalue weighted by Gasteiger charge is -2.00. The quantitative estimate of drug-likeness (QED) is 0.652. The molecule has 1 aromatic heterocycles. The number of nitriles is 1. The molecule has 2 rings (SSSR count). The van der Waals surface area contributed by atoms with Gasteiger partial charge in [0.25, 0.3) is 0 Å². The average molecular weight is 288 g/mol. The van der Waals surface area contributed by atoms with E-state index in [1.54, 1.807) is 17.8 Å². The number of hydrogen-bond acceptors (Lipinski definition) is 6. The van der Waals surface area contributed by atoms with Crippen LogP contribution in [-0.2, 0) is 5.75 Å². The second-order valence-corrected chi connectivity index (χ2v) is 5.80. The summed E-state index contributed by atoms with van der Waals surface area (Å²) in [5.74, 6) is 0.722. The smallest absolute Gasteiger partial charge is 0.206 e. The summed E-state index contributed by atoms with van der Waals surface area (Å²) in [5, 5.41) is 21.0. The Morgan fingerprint density at radius 1 is 1.42 bits per heavy atom. The van der Waals surface area contributed by atoms with Crippen molar-refractivity contribution in [1.82, 2.24) is 10.2 Å². The molecule has 0 fully saturated rings. The molecule has 6 heteroatoms. The van der Waals surface area contributed by atoms with E-state index < -0.39 is 0 Å². The van der Waals surface area contributed by atoms with Crippen molar-refractivity contribution in [2.45, 2.75) is 10.1 Å². The lowest BCUT2D eigenvalue weighted by Crippen LogP contribution is -1.96. The van der Waals surface area contributed by atoms with Gasteiger partial charge in [0.2, 0.25) is 5.13 Å². The van der Waals surface area contributed by atoms with Gasteiger partial charge >= 0.3 is 0 Å². The largest absolute Gasteiger partial charge is 0.357 e. The second-order valence-electron chi connectivity index (χ2n) is 3.60. The van der Waals surface area contributed by atoms with Crippen molar-refractivity contribution in [3.63, 3.8) is 0 Å². The van der Waals surface area contributed by atoms with E-state index in [0.29, 0.717) is 12.1 Å². The Balaban J connectivity index is 1.97. The van der Waals surface area contributed by atoms with Crippen LogP contribution in [0.4, 0.5) is 5.13 Å². The lowest BCUT2D eigenvalue weighted by molar-refractivity contribution is 1.01. The maximum absolute atomic E-state index is 9.01. The van der Waals surface area contributed by atoms with Gasteiger partial charge in [0, 0.05) is 12.3 Å². The van der Waals surface area contributed by atoms with Gasteiger partial charge in [-0.25, -0.2) is 0 Å². The van der Waals surface area contributed by atoms with Crippen LogP contribution >= 0.6 is 23.1 Å². The minimum Gasteiger partial charge on any atom is -0.357 e. The van der Waals surface area contributed by atoms with Gasteiger partial charge in [-0.2, -0.15) is 5.26 Å². The van der Waals surface area contributed by atoms with Crippen LogP contribution in [0.2, 0.25) is 0 Å². The maximum Gasteiger partial charge on any atom is 0.206 e. The van der Waals surface area contributed by atoms with E-state index >= 15 is 0 Å². The third-order valence-corrected chi connectivity index (χ3v) is 4.36. The number of thioether (sulfide) groups is 1. The van der Waals surface area contributed by atoms with Crippen molar-refractivity contribution in [2.24, 2.45) is 0 Å².